The summed E-state index contributed by atoms with van der Waals surface area (Å²) < 4.78 is 16.8. The molecule has 0 spiro atoms. The highest BCUT2D eigenvalue weighted by Gasteiger charge is 2.33. The molecule has 1 fully saturated rings. The van der Waals surface area contributed by atoms with Crippen LogP contribution in [0.3, 0.4) is 0 Å². The highest BCUT2D eigenvalue weighted by molar-refractivity contribution is 9.11. The minimum absolute atomic E-state index is 0.132. The number of esters is 1. The molecule has 0 aromatic heterocycles. The van der Waals surface area contributed by atoms with Gasteiger partial charge in [0.25, 0.3) is 5.91 Å². The fourth-order valence-electron chi connectivity index (χ4n) is 2.84. The summed E-state index contributed by atoms with van der Waals surface area (Å²) in [6, 6.07) is 13.1. The molecule has 33 heavy (non-hydrogen) atoms. The van der Waals surface area contributed by atoms with Gasteiger partial charge < -0.3 is 14.2 Å². The molecule has 1 heterocycles. The lowest BCUT2D eigenvalue weighted by atomic mass is 10.2. The molecule has 0 atom stereocenters. The molecule has 2 aromatic carbocycles. The van der Waals surface area contributed by atoms with E-state index in [9.17, 15) is 9.59 Å². The summed E-state index contributed by atoms with van der Waals surface area (Å²) in [4.78, 5) is 31.4. The van der Waals surface area contributed by atoms with Crippen molar-refractivity contribution in [1.82, 2.24) is 4.90 Å². The van der Waals surface area contributed by atoms with E-state index in [1.165, 1.54) is 18.9 Å². The van der Waals surface area contributed by atoms with Crippen LogP contribution in [0.2, 0.25) is 0 Å². The van der Waals surface area contributed by atoms with Gasteiger partial charge in [0, 0.05) is 6.61 Å². The maximum Gasteiger partial charge on any atom is 0.343 e. The predicted octanol–water partition coefficient (Wildman–Crippen LogP) is 5.40. The predicted molar refractivity (Wildman–Crippen MR) is 137 cm³/mol. The third-order valence-electron chi connectivity index (χ3n) is 4.41. The zero-order chi connectivity index (χ0) is 23.8. The van der Waals surface area contributed by atoms with Gasteiger partial charge in [-0.25, -0.2) is 9.79 Å². The number of halogens is 2. The second kappa shape index (κ2) is 12.4. The fourth-order valence-corrected chi connectivity index (χ4v) is 5.32. The van der Waals surface area contributed by atoms with Gasteiger partial charge in [-0.1, -0.05) is 18.2 Å². The van der Waals surface area contributed by atoms with Crippen molar-refractivity contribution >= 4 is 72.4 Å². The molecule has 174 valence electrons. The quantitative estimate of drug-likeness (QED) is 0.219. The first kappa shape index (κ1) is 25.5. The van der Waals surface area contributed by atoms with Gasteiger partial charge in [0.1, 0.15) is 5.75 Å². The smallest absolute Gasteiger partial charge is 0.343 e. The Bertz CT molecular complexity index is 1050. The van der Waals surface area contributed by atoms with Crippen molar-refractivity contribution in [3.8, 4) is 5.75 Å². The lowest BCUT2D eigenvalue weighted by Crippen LogP contribution is -2.32. The van der Waals surface area contributed by atoms with Crippen LogP contribution in [0.25, 0.3) is 6.08 Å². The number of hydrogen-bond acceptors (Lipinski definition) is 7. The van der Waals surface area contributed by atoms with Crippen molar-refractivity contribution in [2.24, 2.45) is 4.99 Å². The Kier molecular flexibility index (Phi) is 9.54. The zero-order valence-electron chi connectivity index (χ0n) is 18.0. The van der Waals surface area contributed by atoms with Gasteiger partial charge in [-0.3, -0.25) is 9.69 Å². The largest absolute Gasteiger partial charge is 0.480 e. The normalized spacial score (nSPS) is 16.0. The van der Waals surface area contributed by atoms with Crippen LogP contribution in [0.1, 0.15) is 12.5 Å². The molecule has 0 bridgehead atoms. The Morgan fingerprint density at radius 3 is 2.52 bits per heavy atom. The summed E-state index contributed by atoms with van der Waals surface area (Å²) >= 11 is 8.25. The Morgan fingerprint density at radius 1 is 1.18 bits per heavy atom. The molecule has 0 unspecified atom stereocenters. The van der Waals surface area contributed by atoms with Gasteiger partial charge in [-0.2, -0.15) is 0 Å². The van der Waals surface area contributed by atoms with E-state index >= 15 is 0 Å². The van der Waals surface area contributed by atoms with Gasteiger partial charge >= 0.3 is 5.97 Å². The maximum absolute atomic E-state index is 13.2. The standard InChI is InChI=1S/C23H22Br2N2O5S/c1-3-31-10-9-27-22(29)19(33-23(27)26-16-7-5-4-6-8-16)13-15-11-17(24)21(18(25)12-15)32-14-20(28)30-2/h4-8,11-13H,3,9-10,14H2,1-2H3/b19-13-,26-23?. The first-order valence-corrected chi connectivity index (χ1v) is 12.4. The first-order chi connectivity index (χ1) is 15.9. The number of benzene rings is 2. The second-order valence-corrected chi connectivity index (χ2v) is 9.39. The number of thioether (sulfide) groups is 1. The molecule has 0 aliphatic carbocycles. The van der Waals surface area contributed by atoms with Crippen LogP contribution in [0.5, 0.6) is 5.75 Å². The van der Waals surface area contributed by atoms with E-state index in [0.717, 1.165) is 11.3 Å². The van der Waals surface area contributed by atoms with Crippen molar-refractivity contribution in [3.63, 3.8) is 0 Å². The van der Waals surface area contributed by atoms with Gasteiger partial charge in [-0.05, 0) is 86.5 Å². The number of nitrogens with zero attached hydrogens (tertiary/aromatic N) is 2. The lowest BCUT2D eigenvalue weighted by molar-refractivity contribution is -0.142. The number of aliphatic imine (C=N–C) groups is 1. The minimum atomic E-state index is -0.481. The molecule has 0 saturated carbocycles. The van der Waals surface area contributed by atoms with Crippen molar-refractivity contribution in [3.05, 3.63) is 61.9 Å². The molecule has 1 aliphatic rings. The maximum atomic E-state index is 13.2. The van der Waals surface area contributed by atoms with Crippen LogP contribution in [-0.2, 0) is 19.1 Å². The molecule has 0 radical (unpaired) electrons. The van der Waals surface area contributed by atoms with Crippen molar-refractivity contribution in [1.29, 1.82) is 0 Å². The van der Waals surface area contributed by atoms with E-state index < -0.39 is 5.97 Å². The minimum Gasteiger partial charge on any atom is -0.480 e. The average Bonchev–Trinajstić information content (AvgIpc) is 3.08. The van der Waals surface area contributed by atoms with E-state index in [1.807, 2.05) is 49.4 Å². The van der Waals surface area contributed by atoms with Crippen molar-refractivity contribution in [2.45, 2.75) is 6.92 Å². The lowest BCUT2D eigenvalue weighted by Gasteiger charge is -2.15. The number of amidine groups is 1. The Morgan fingerprint density at radius 2 is 1.88 bits per heavy atom. The third kappa shape index (κ3) is 6.92. The molecule has 3 rings (SSSR count). The summed E-state index contributed by atoms with van der Waals surface area (Å²) in [6.07, 6.45) is 1.80. The van der Waals surface area contributed by atoms with Crippen molar-refractivity contribution < 1.29 is 23.8 Å². The Hall–Kier alpha value is -2.14. The monoisotopic (exact) mass is 596 g/mol. The fraction of sp³-hybridized carbons (Fsp3) is 0.261. The number of amides is 1. The summed E-state index contributed by atoms with van der Waals surface area (Å²) in [5.74, 6) is -0.143. The van der Waals surface area contributed by atoms with Crippen LogP contribution in [-0.4, -0.2) is 55.4 Å². The molecule has 1 amide bonds. The number of ether oxygens (including phenoxy) is 3. The van der Waals surface area contributed by atoms with Crippen LogP contribution >= 0.6 is 43.6 Å². The number of carbonyl (C=O) groups excluding carboxylic acids is 2. The van der Waals surface area contributed by atoms with Gasteiger partial charge in [0.2, 0.25) is 0 Å². The summed E-state index contributed by atoms with van der Waals surface area (Å²) in [6.45, 7) is 3.12. The van der Waals surface area contributed by atoms with Gasteiger partial charge in [-0.15, -0.1) is 0 Å². The molecule has 7 nitrogen and oxygen atoms in total. The number of para-hydroxylation sites is 1. The summed E-state index contributed by atoms with van der Waals surface area (Å²) in [7, 11) is 1.30. The van der Waals surface area contributed by atoms with Crippen molar-refractivity contribution in [2.75, 3.05) is 33.5 Å². The summed E-state index contributed by atoms with van der Waals surface area (Å²) in [5.41, 5.74) is 1.55. The first-order valence-electron chi connectivity index (χ1n) is 10.0. The number of carbonyl (C=O) groups is 2. The average molecular weight is 598 g/mol. The van der Waals surface area contributed by atoms with E-state index in [1.54, 1.807) is 11.0 Å². The van der Waals surface area contributed by atoms with Gasteiger partial charge in [0.15, 0.2) is 11.8 Å². The molecule has 10 heteroatoms. The van der Waals surface area contributed by atoms with E-state index in [2.05, 4.69) is 41.6 Å². The molecular formula is C23H22Br2N2O5S. The Labute approximate surface area is 213 Å². The number of rotatable bonds is 9. The van der Waals surface area contributed by atoms with Crippen LogP contribution < -0.4 is 4.74 Å². The molecule has 1 aliphatic heterocycles. The van der Waals surface area contributed by atoms with Gasteiger partial charge in [0.05, 0.1) is 39.8 Å². The van der Waals surface area contributed by atoms with Crippen LogP contribution in [0.15, 0.2) is 61.3 Å². The Balaban J connectivity index is 1.87. The van der Waals surface area contributed by atoms with Crippen LogP contribution in [0, 0.1) is 0 Å². The van der Waals surface area contributed by atoms with E-state index in [-0.39, 0.29) is 12.5 Å². The highest BCUT2D eigenvalue weighted by atomic mass is 79.9. The van der Waals surface area contributed by atoms with Crippen LogP contribution in [0.4, 0.5) is 5.69 Å². The molecule has 1 saturated heterocycles. The number of hydrogen-bond donors (Lipinski definition) is 0. The molecule has 2 aromatic rings. The number of methoxy groups -OCH3 is 1. The van der Waals surface area contributed by atoms with E-state index in [4.69, 9.17) is 9.47 Å². The molecule has 0 N–H and O–H groups in total. The zero-order valence-corrected chi connectivity index (χ0v) is 22.0. The SMILES string of the molecule is CCOCCN1C(=O)/C(=C/c2cc(Br)c(OCC(=O)OC)c(Br)c2)SC1=Nc1ccccc1. The second-order valence-electron chi connectivity index (χ2n) is 6.67. The molecular weight excluding hydrogens is 576 g/mol. The highest BCUT2D eigenvalue weighted by Crippen LogP contribution is 2.38. The van der Waals surface area contributed by atoms with E-state index in [0.29, 0.717) is 44.5 Å². The third-order valence-corrected chi connectivity index (χ3v) is 6.60. The summed E-state index contributed by atoms with van der Waals surface area (Å²) in [5, 5.41) is 0.605. The topological polar surface area (TPSA) is 77.4 Å².